The molecule has 11 nitrogen and oxygen atoms in total. The van der Waals surface area contributed by atoms with Crippen LogP contribution in [0.3, 0.4) is 0 Å². The van der Waals surface area contributed by atoms with E-state index in [4.69, 9.17) is 15.9 Å². The van der Waals surface area contributed by atoms with E-state index in [-0.39, 0.29) is 41.0 Å². The molecule has 2 aromatic heterocycles. The third-order valence-corrected chi connectivity index (χ3v) is 10.5. The zero-order chi connectivity index (χ0) is 38.1. The van der Waals surface area contributed by atoms with Crippen molar-refractivity contribution in [2.75, 3.05) is 32.4 Å². The highest BCUT2D eigenvalue weighted by Gasteiger charge is 2.29. The van der Waals surface area contributed by atoms with Crippen molar-refractivity contribution in [2.45, 2.75) is 50.6 Å². The van der Waals surface area contributed by atoms with E-state index in [9.17, 15) is 22.4 Å². The van der Waals surface area contributed by atoms with Crippen molar-refractivity contribution < 1.29 is 21.9 Å². The largest absolute Gasteiger partial charge is 0.337 e. The molecule has 0 aliphatic rings. The standard InChI is InChI=1S/C38H42ClFN6O5S2/c1-5-44(6-2)19-20-45(24-27-7-11-29(12-8-27)30-13-15-32(39)16-14-30)35(47)21-34-36(26(3)31-22-41-42-23-31)37(48)43-38(46(34)51-53(4,49)50)52-25-28-9-17-33(40)18-10-28/h7-18,22-23,26H,5-6,19-21,24-25H2,1-4H3,(H,41,42). The summed E-state index contributed by atoms with van der Waals surface area (Å²) in [5, 5.41) is 7.35. The van der Waals surface area contributed by atoms with Gasteiger partial charge in [-0.15, -0.1) is 4.73 Å². The summed E-state index contributed by atoms with van der Waals surface area (Å²) >= 11 is 7.12. The molecular weight excluding hydrogens is 739 g/mol. The van der Waals surface area contributed by atoms with Gasteiger partial charge in [0.05, 0.1) is 30.1 Å². The number of H-pyrrole nitrogens is 1. The van der Waals surface area contributed by atoms with Gasteiger partial charge in [0.25, 0.3) is 5.56 Å². The lowest BCUT2D eigenvalue weighted by Crippen LogP contribution is -2.40. The monoisotopic (exact) mass is 780 g/mol. The van der Waals surface area contributed by atoms with Gasteiger partial charge in [0.1, 0.15) is 5.82 Å². The van der Waals surface area contributed by atoms with Crippen molar-refractivity contribution in [1.29, 1.82) is 0 Å². The average molecular weight is 781 g/mol. The number of thioether (sulfide) groups is 1. The van der Waals surface area contributed by atoms with Crippen molar-refractivity contribution in [3.05, 3.63) is 134 Å². The predicted molar refractivity (Wildman–Crippen MR) is 206 cm³/mol. The molecule has 1 N–H and O–H groups in total. The minimum Gasteiger partial charge on any atom is -0.337 e. The minimum atomic E-state index is -4.18. The molecule has 15 heteroatoms. The molecule has 2 heterocycles. The van der Waals surface area contributed by atoms with Crippen LogP contribution >= 0.6 is 23.4 Å². The Labute approximate surface area is 318 Å². The van der Waals surface area contributed by atoms with Crippen LogP contribution in [-0.4, -0.2) is 76.5 Å². The van der Waals surface area contributed by atoms with Crippen LogP contribution in [0.5, 0.6) is 0 Å². The molecule has 0 saturated carbocycles. The van der Waals surface area contributed by atoms with Gasteiger partial charge >= 0.3 is 10.1 Å². The molecule has 1 amide bonds. The van der Waals surface area contributed by atoms with E-state index in [2.05, 4.69) is 33.9 Å². The number of aromatic nitrogens is 4. The van der Waals surface area contributed by atoms with E-state index in [0.717, 1.165) is 52.5 Å². The summed E-state index contributed by atoms with van der Waals surface area (Å²) in [4.78, 5) is 36.6. The van der Waals surface area contributed by atoms with E-state index in [1.807, 2.05) is 48.5 Å². The van der Waals surface area contributed by atoms with Crippen LogP contribution in [-0.2, 0) is 33.6 Å². The lowest BCUT2D eigenvalue weighted by Gasteiger charge is -2.28. The quantitative estimate of drug-likeness (QED) is 0.0870. The number of hydrogen-bond donors (Lipinski definition) is 1. The third-order valence-electron chi connectivity index (χ3n) is 8.86. The molecular formula is C38H42ClFN6O5S2. The van der Waals surface area contributed by atoms with E-state index in [1.165, 1.54) is 12.1 Å². The number of benzene rings is 3. The van der Waals surface area contributed by atoms with Crippen molar-refractivity contribution in [3.8, 4) is 11.1 Å². The van der Waals surface area contributed by atoms with Crippen LogP contribution in [0.1, 0.15) is 54.6 Å². The molecule has 0 saturated heterocycles. The van der Waals surface area contributed by atoms with Crippen molar-refractivity contribution >= 4 is 39.4 Å². The molecule has 5 aromatic rings. The van der Waals surface area contributed by atoms with Crippen LogP contribution in [0.15, 0.2) is 95.1 Å². The average Bonchev–Trinajstić information content (AvgIpc) is 3.68. The minimum absolute atomic E-state index is 0.0571. The van der Waals surface area contributed by atoms with Crippen LogP contribution in [0.25, 0.3) is 11.1 Å². The van der Waals surface area contributed by atoms with Crippen LogP contribution < -0.4 is 9.84 Å². The SMILES string of the molecule is CCN(CC)CCN(Cc1ccc(-c2ccc(Cl)cc2)cc1)C(=O)Cc1c(C(C)c2cn[nH]c2)c(=O)nc(SCc2ccc(F)cc2)n1OS(C)(=O)=O. The molecule has 0 aliphatic carbocycles. The highest BCUT2D eigenvalue weighted by atomic mass is 35.5. The summed E-state index contributed by atoms with van der Waals surface area (Å²) < 4.78 is 45.6. The maximum Gasteiger partial charge on any atom is 0.324 e. The zero-order valence-electron chi connectivity index (χ0n) is 30.0. The smallest absolute Gasteiger partial charge is 0.324 e. The molecule has 0 bridgehead atoms. The van der Waals surface area contributed by atoms with Crippen LogP contribution in [0.2, 0.25) is 5.02 Å². The Hall–Kier alpha value is -4.50. The van der Waals surface area contributed by atoms with E-state index >= 15 is 0 Å². The van der Waals surface area contributed by atoms with Gasteiger partial charge in [-0.1, -0.05) is 92.7 Å². The first-order valence-corrected chi connectivity index (χ1v) is 20.3. The number of amides is 1. The lowest BCUT2D eigenvalue weighted by molar-refractivity contribution is -0.131. The van der Waals surface area contributed by atoms with E-state index in [1.54, 1.807) is 36.4 Å². The fraction of sp³-hybridized carbons (Fsp3) is 0.316. The van der Waals surface area contributed by atoms with Gasteiger partial charge in [-0.25, -0.2) is 4.39 Å². The highest BCUT2D eigenvalue weighted by molar-refractivity contribution is 7.98. The Balaban J connectivity index is 1.55. The summed E-state index contributed by atoms with van der Waals surface area (Å²) in [5.41, 5.74) is 3.75. The van der Waals surface area contributed by atoms with Crippen molar-refractivity contribution in [3.63, 3.8) is 0 Å². The Kier molecular flexibility index (Phi) is 13.5. The molecule has 1 atom stereocenters. The number of nitrogens with zero attached hydrogens (tertiary/aromatic N) is 5. The summed E-state index contributed by atoms with van der Waals surface area (Å²) in [5.74, 6) is -1.17. The Morgan fingerprint density at radius 2 is 1.60 bits per heavy atom. The summed E-state index contributed by atoms with van der Waals surface area (Å²) in [6.45, 7) is 8.69. The van der Waals surface area contributed by atoms with Gasteiger partial charge in [0, 0.05) is 42.5 Å². The number of rotatable bonds is 17. The summed E-state index contributed by atoms with van der Waals surface area (Å²) in [6.07, 6.45) is 3.70. The second-order valence-electron chi connectivity index (χ2n) is 12.5. The zero-order valence-corrected chi connectivity index (χ0v) is 32.3. The molecule has 3 aromatic carbocycles. The van der Waals surface area contributed by atoms with Crippen LogP contribution in [0, 0.1) is 5.82 Å². The molecule has 0 spiro atoms. The van der Waals surface area contributed by atoms with Gasteiger partial charge in [0.2, 0.25) is 11.1 Å². The van der Waals surface area contributed by atoms with E-state index in [0.29, 0.717) is 29.2 Å². The maximum absolute atomic E-state index is 14.5. The Morgan fingerprint density at radius 1 is 0.981 bits per heavy atom. The molecule has 5 rings (SSSR count). The Bertz CT molecular complexity index is 2140. The number of aromatic amines is 1. The molecule has 0 radical (unpaired) electrons. The first kappa shape index (κ1) is 39.7. The number of halogens is 2. The molecule has 1 unspecified atom stereocenters. The first-order chi connectivity index (χ1) is 25.3. The highest BCUT2D eigenvalue weighted by Crippen LogP contribution is 2.29. The molecule has 53 heavy (non-hydrogen) atoms. The second kappa shape index (κ2) is 18.0. The fourth-order valence-electron chi connectivity index (χ4n) is 5.85. The molecule has 280 valence electrons. The topological polar surface area (TPSA) is 130 Å². The van der Waals surface area contributed by atoms with Gasteiger partial charge < -0.3 is 9.80 Å². The first-order valence-electron chi connectivity index (χ1n) is 17.1. The van der Waals surface area contributed by atoms with Crippen LogP contribution in [0.4, 0.5) is 4.39 Å². The van der Waals surface area contributed by atoms with Crippen molar-refractivity contribution in [2.24, 2.45) is 0 Å². The van der Waals surface area contributed by atoms with Gasteiger partial charge in [-0.05, 0) is 65.2 Å². The maximum atomic E-state index is 14.5. The second-order valence-corrected chi connectivity index (χ2v) is 15.5. The Morgan fingerprint density at radius 3 is 2.19 bits per heavy atom. The predicted octanol–water partition coefficient (Wildman–Crippen LogP) is 6.17. The van der Waals surface area contributed by atoms with Gasteiger partial charge in [0.15, 0.2) is 0 Å². The van der Waals surface area contributed by atoms with Gasteiger partial charge in [-0.2, -0.15) is 18.5 Å². The van der Waals surface area contributed by atoms with Gasteiger partial charge in [-0.3, -0.25) is 19.0 Å². The van der Waals surface area contributed by atoms with E-state index < -0.39 is 27.4 Å². The number of carbonyl (C=O) groups excluding carboxylic acids is 1. The number of likely N-dealkylation sites (N-methyl/N-ethyl adjacent to an activating group) is 1. The van der Waals surface area contributed by atoms with Crippen molar-refractivity contribution in [1.82, 2.24) is 29.7 Å². The molecule has 0 fully saturated rings. The fourth-order valence-corrected chi connectivity index (χ4v) is 7.36. The molecule has 0 aliphatic heterocycles. The summed E-state index contributed by atoms with van der Waals surface area (Å²) in [6, 6.07) is 21.2. The summed E-state index contributed by atoms with van der Waals surface area (Å²) in [7, 11) is -4.18. The third kappa shape index (κ3) is 10.8. The number of nitrogens with one attached hydrogen (secondary N) is 1. The lowest BCUT2D eigenvalue weighted by atomic mass is 9.94. The normalized spacial score (nSPS) is 12.2. The number of carbonyl (C=O) groups is 1. The number of hydrogen-bond acceptors (Lipinski definition) is 9.